The molecular formula is C29H58O3. The fourth-order valence-electron chi connectivity index (χ4n) is 4.20. The molecule has 192 valence electrons. The van der Waals surface area contributed by atoms with Gasteiger partial charge in [-0.25, -0.2) is 0 Å². The van der Waals surface area contributed by atoms with Crippen molar-refractivity contribution in [3.8, 4) is 0 Å². The SMILES string of the molecule is CCCCCCCCCCCCOC(CC=O)OCC(C)(C)CCCCCCCCCC. The van der Waals surface area contributed by atoms with Gasteiger partial charge in [0.2, 0.25) is 0 Å². The van der Waals surface area contributed by atoms with Gasteiger partial charge in [-0.15, -0.1) is 0 Å². The van der Waals surface area contributed by atoms with E-state index >= 15 is 0 Å². The molecule has 3 heteroatoms. The minimum absolute atomic E-state index is 0.143. The van der Waals surface area contributed by atoms with E-state index in [0.29, 0.717) is 19.6 Å². The third-order valence-corrected chi connectivity index (χ3v) is 6.46. The molecule has 0 fully saturated rings. The van der Waals surface area contributed by atoms with Crippen LogP contribution in [-0.2, 0) is 14.3 Å². The molecule has 1 unspecified atom stereocenters. The van der Waals surface area contributed by atoms with Crippen LogP contribution in [0.2, 0.25) is 0 Å². The molecule has 0 N–H and O–H groups in total. The second-order valence-corrected chi connectivity index (χ2v) is 10.6. The zero-order valence-electron chi connectivity index (χ0n) is 22.4. The molecule has 0 amide bonds. The summed E-state index contributed by atoms with van der Waals surface area (Å²) in [6.45, 7) is 10.5. The van der Waals surface area contributed by atoms with E-state index in [0.717, 1.165) is 12.7 Å². The van der Waals surface area contributed by atoms with Gasteiger partial charge in [0.05, 0.1) is 13.0 Å². The van der Waals surface area contributed by atoms with Crippen LogP contribution in [0.1, 0.15) is 156 Å². The van der Waals surface area contributed by atoms with Gasteiger partial charge >= 0.3 is 0 Å². The Hall–Kier alpha value is -0.410. The van der Waals surface area contributed by atoms with Crippen LogP contribution in [0.15, 0.2) is 0 Å². The summed E-state index contributed by atoms with van der Waals surface area (Å²) >= 11 is 0. The molecule has 0 aromatic rings. The first-order chi connectivity index (χ1) is 15.6. The molecule has 1 atom stereocenters. The third kappa shape index (κ3) is 22.8. The van der Waals surface area contributed by atoms with Crippen LogP contribution in [0.25, 0.3) is 0 Å². The van der Waals surface area contributed by atoms with Gasteiger partial charge in [0.15, 0.2) is 6.29 Å². The Morgan fingerprint density at radius 1 is 0.625 bits per heavy atom. The number of carbonyl (C=O) groups excluding carboxylic acids is 1. The number of carbonyl (C=O) groups is 1. The van der Waals surface area contributed by atoms with E-state index in [9.17, 15) is 4.79 Å². The van der Waals surface area contributed by atoms with Crippen molar-refractivity contribution >= 4 is 6.29 Å². The predicted octanol–water partition coefficient (Wildman–Crippen LogP) is 9.41. The summed E-state index contributed by atoms with van der Waals surface area (Å²) < 4.78 is 11.9. The molecular weight excluding hydrogens is 396 g/mol. The van der Waals surface area contributed by atoms with E-state index in [-0.39, 0.29) is 11.7 Å². The Balaban J connectivity index is 3.74. The lowest BCUT2D eigenvalue weighted by Gasteiger charge is -2.27. The van der Waals surface area contributed by atoms with Gasteiger partial charge in [-0.3, -0.25) is 0 Å². The van der Waals surface area contributed by atoms with Gasteiger partial charge in [0, 0.05) is 6.61 Å². The molecule has 0 bridgehead atoms. The maximum atomic E-state index is 11.0. The lowest BCUT2D eigenvalue weighted by Crippen LogP contribution is -2.26. The summed E-state index contributed by atoms with van der Waals surface area (Å²) in [5, 5.41) is 0. The number of rotatable bonds is 26. The van der Waals surface area contributed by atoms with Gasteiger partial charge in [-0.05, 0) is 18.3 Å². The van der Waals surface area contributed by atoms with Crippen molar-refractivity contribution in [2.75, 3.05) is 13.2 Å². The van der Waals surface area contributed by atoms with Crippen LogP contribution in [0, 0.1) is 5.41 Å². The van der Waals surface area contributed by atoms with Crippen molar-refractivity contribution in [3.63, 3.8) is 0 Å². The highest BCUT2D eigenvalue weighted by atomic mass is 16.7. The Kier molecular flexibility index (Phi) is 23.4. The maximum Gasteiger partial charge on any atom is 0.164 e. The number of ether oxygens (including phenoxy) is 2. The average molecular weight is 455 g/mol. The lowest BCUT2D eigenvalue weighted by atomic mass is 9.87. The van der Waals surface area contributed by atoms with Crippen molar-refractivity contribution in [2.45, 2.75) is 162 Å². The van der Waals surface area contributed by atoms with E-state index in [2.05, 4.69) is 27.7 Å². The highest BCUT2D eigenvalue weighted by Crippen LogP contribution is 2.25. The van der Waals surface area contributed by atoms with Gasteiger partial charge in [0.25, 0.3) is 0 Å². The highest BCUT2D eigenvalue weighted by molar-refractivity contribution is 5.49. The van der Waals surface area contributed by atoms with Crippen molar-refractivity contribution < 1.29 is 14.3 Å². The molecule has 0 rings (SSSR count). The van der Waals surface area contributed by atoms with Crippen LogP contribution in [0.3, 0.4) is 0 Å². The number of unbranched alkanes of at least 4 members (excludes halogenated alkanes) is 16. The first-order valence-corrected chi connectivity index (χ1v) is 14.2. The molecule has 0 aromatic carbocycles. The van der Waals surface area contributed by atoms with Crippen LogP contribution >= 0.6 is 0 Å². The summed E-state index contributed by atoms with van der Waals surface area (Å²) in [5.74, 6) is 0. The Morgan fingerprint density at radius 3 is 1.53 bits per heavy atom. The van der Waals surface area contributed by atoms with Gasteiger partial charge < -0.3 is 14.3 Å². The molecule has 3 nitrogen and oxygen atoms in total. The van der Waals surface area contributed by atoms with E-state index in [1.807, 2.05) is 0 Å². The first kappa shape index (κ1) is 31.6. The van der Waals surface area contributed by atoms with Crippen molar-refractivity contribution in [1.82, 2.24) is 0 Å². The van der Waals surface area contributed by atoms with Crippen LogP contribution < -0.4 is 0 Å². The number of aldehydes is 1. The van der Waals surface area contributed by atoms with Crippen molar-refractivity contribution in [3.05, 3.63) is 0 Å². The Morgan fingerprint density at radius 2 is 1.06 bits per heavy atom. The molecule has 0 aliphatic carbocycles. The summed E-state index contributed by atoms with van der Waals surface area (Å²) in [5.41, 5.74) is 0.143. The first-order valence-electron chi connectivity index (χ1n) is 14.2. The monoisotopic (exact) mass is 454 g/mol. The lowest BCUT2D eigenvalue weighted by molar-refractivity contribution is -0.164. The fourth-order valence-corrected chi connectivity index (χ4v) is 4.20. The largest absolute Gasteiger partial charge is 0.352 e. The van der Waals surface area contributed by atoms with Crippen LogP contribution in [0.5, 0.6) is 0 Å². The summed E-state index contributed by atoms with van der Waals surface area (Å²) in [4.78, 5) is 11.0. The zero-order chi connectivity index (χ0) is 23.8. The summed E-state index contributed by atoms with van der Waals surface area (Å²) in [6.07, 6.45) is 26.1. The molecule has 32 heavy (non-hydrogen) atoms. The summed E-state index contributed by atoms with van der Waals surface area (Å²) in [7, 11) is 0. The molecule has 0 aliphatic heterocycles. The number of hydrogen-bond acceptors (Lipinski definition) is 3. The van der Waals surface area contributed by atoms with Crippen molar-refractivity contribution in [2.24, 2.45) is 5.41 Å². The molecule has 0 radical (unpaired) electrons. The summed E-state index contributed by atoms with van der Waals surface area (Å²) in [6, 6.07) is 0. The minimum atomic E-state index is -0.371. The zero-order valence-corrected chi connectivity index (χ0v) is 22.4. The van der Waals surface area contributed by atoms with Crippen LogP contribution in [0.4, 0.5) is 0 Å². The Labute approximate surface area is 201 Å². The molecule has 0 aliphatic rings. The minimum Gasteiger partial charge on any atom is -0.352 e. The van der Waals surface area contributed by atoms with E-state index in [1.165, 1.54) is 116 Å². The van der Waals surface area contributed by atoms with E-state index in [1.54, 1.807) is 0 Å². The van der Waals surface area contributed by atoms with Gasteiger partial charge in [-0.1, -0.05) is 137 Å². The van der Waals surface area contributed by atoms with E-state index < -0.39 is 0 Å². The van der Waals surface area contributed by atoms with Gasteiger partial charge in [-0.2, -0.15) is 0 Å². The second-order valence-electron chi connectivity index (χ2n) is 10.6. The van der Waals surface area contributed by atoms with E-state index in [4.69, 9.17) is 9.47 Å². The smallest absolute Gasteiger partial charge is 0.164 e. The number of hydrogen-bond donors (Lipinski definition) is 0. The second kappa shape index (κ2) is 23.7. The average Bonchev–Trinajstić information content (AvgIpc) is 2.77. The molecule has 0 saturated heterocycles. The molecule has 0 aromatic heterocycles. The fraction of sp³-hybridized carbons (Fsp3) is 0.966. The maximum absolute atomic E-state index is 11.0. The standard InChI is InChI=1S/C29H58O3/c1-5-7-9-11-13-15-16-18-20-22-26-31-28(23-25-30)32-27-29(3,4)24-21-19-17-14-12-10-8-6-2/h25,28H,5-24,26-27H2,1-4H3. The molecule has 0 saturated carbocycles. The molecule has 0 heterocycles. The third-order valence-electron chi connectivity index (χ3n) is 6.46. The topological polar surface area (TPSA) is 35.5 Å². The van der Waals surface area contributed by atoms with Crippen molar-refractivity contribution in [1.29, 1.82) is 0 Å². The highest BCUT2D eigenvalue weighted by Gasteiger charge is 2.20. The van der Waals surface area contributed by atoms with Gasteiger partial charge in [0.1, 0.15) is 6.29 Å². The molecule has 0 spiro atoms. The quantitative estimate of drug-likeness (QED) is 0.0741. The van der Waals surface area contributed by atoms with Crippen LogP contribution in [-0.4, -0.2) is 25.8 Å². The normalized spacial score (nSPS) is 12.9. The predicted molar refractivity (Wildman–Crippen MR) is 139 cm³/mol. The Bertz CT molecular complexity index is 381.